The third kappa shape index (κ3) is 3.80. The van der Waals surface area contributed by atoms with E-state index in [4.69, 9.17) is 4.74 Å². The zero-order chi connectivity index (χ0) is 18.5. The summed E-state index contributed by atoms with van der Waals surface area (Å²) in [6, 6.07) is 11.9. The van der Waals surface area contributed by atoms with Crippen LogP contribution in [0.2, 0.25) is 0 Å². The number of fused-ring (bicyclic) bond motifs is 1. The van der Waals surface area contributed by atoms with E-state index in [0.29, 0.717) is 12.2 Å². The average Bonchev–Trinajstić information content (AvgIpc) is 2.67. The molecule has 1 unspecified atom stereocenters. The van der Waals surface area contributed by atoms with Gasteiger partial charge in [0.25, 0.3) is 0 Å². The minimum Gasteiger partial charge on any atom is -0.492 e. The minimum atomic E-state index is -0.484. The molecule has 0 aromatic heterocycles. The van der Waals surface area contributed by atoms with Crippen LogP contribution in [0.4, 0.5) is 4.39 Å². The van der Waals surface area contributed by atoms with Gasteiger partial charge in [-0.2, -0.15) is 0 Å². The van der Waals surface area contributed by atoms with Crippen LogP contribution in [0.5, 0.6) is 5.75 Å². The Labute approximate surface area is 154 Å². The summed E-state index contributed by atoms with van der Waals surface area (Å²) in [5.41, 5.74) is 1.56. The third-order valence-electron chi connectivity index (χ3n) is 4.91. The number of nitrogens with zero attached hydrogens (tertiary/aromatic N) is 1. The molecule has 1 heterocycles. The van der Waals surface area contributed by atoms with Gasteiger partial charge in [0.05, 0.1) is 5.56 Å². The molecule has 0 spiro atoms. The van der Waals surface area contributed by atoms with E-state index in [1.54, 1.807) is 24.3 Å². The monoisotopic (exact) mass is 355 g/mol. The molecule has 0 aliphatic carbocycles. The highest BCUT2D eigenvalue weighted by atomic mass is 19.1. The number of rotatable bonds is 7. The zero-order valence-electron chi connectivity index (χ0n) is 15.5. The minimum absolute atomic E-state index is 0.113. The Hall–Kier alpha value is -2.20. The van der Waals surface area contributed by atoms with Crippen LogP contribution < -0.4 is 4.74 Å². The molecule has 2 aromatic rings. The average molecular weight is 355 g/mol. The highest BCUT2D eigenvalue weighted by molar-refractivity contribution is 6.10. The van der Waals surface area contributed by atoms with E-state index in [9.17, 15) is 9.18 Å². The van der Waals surface area contributed by atoms with Gasteiger partial charge in [0.1, 0.15) is 18.2 Å². The predicted octanol–water partition coefficient (Wildman–Crippen LogP) is 4.48. The van der Waals surface area contributed by atoms with Crippen LogP contribution >= 0.6 is 0 Å². The Morgan fingerprint density at radius 2 is 1.77 bits per heavy atom. The summed E-state index contributed by atoms with van der Waals surface area (Å²) in [5.74, 6) is -0.0138. The standard InChI is InChI=1S/C22H26FNO2/c1-3-12-24(13-4-2)16-14-19-17(9-7-11-21(19)26-15-16)22(25)18-8-5-6-10-20(18)23/h5-11,16H,3-4,12-15H2,1-2H3. The van der Waals surface area contributed by atoms with Crippen LogP contribution in [0.15, 0.2) is 42.5 Å². The van der Waals surface area contributed by atoms with E-state index in [1.165, 1.54) is 6.07 Å². The lowest BCUT2D eigenvalue weighted by atomic mass is 9.91. The first-order chi connectivity index (χ1) is 12.7. The summed E-state index contributed by atoms with van der Waals surface area (Å²) in [4.78, 5) is 15.4. The highest BCUT2D eigenvalue weighted by Crippen LogP contribution is 2.31. The summed E-state index contributed by atoms with van der Waals surface area (Å²) >= 11 is 0. The number of hydrogen-bond donors (Lipinski definition) is 0. The Kier molecular flexibility index (Phi) is 6.04. The molecule has 4 heteroatoms. The van der Waals surface area contributed by atoms with Gasteiger partial charge in [0.2, 0.25) is 0 Å². The molecule has 26 heavy (non-hydrogen) atoms. The lowest BCUT2D eigenvalue weighted by Crippen LogP contribution is -2.44. The van der Waals surface area contributed by atoms with Crippen LogP contribution in [-0.4, -0.2) is 36.4 Å². The van der Waals surface area contributed by atoms with Gasteiger partial charge < -0.3 is 4.74 Å². The topological polar surface area (TPSA) is 29.5 Å². The fourth-order valence-corrected chi connectivity index (χ4v) is 3.68. The number of ketones is 1. The fraction of sp³-hybridized carbons (Fsp3) is 0.409. The molecular weight excluding hydrogens is 329 g/mol. The van der Waals surface area contributed by atoms with Crippen LogP contribution in [0, 0.1) is 5.82 Å². The van der Waals surface area contributed by atoms with Crippen molar-refractivity contribution in [3.8, 4) is 5.75 Å². The van der Waals surface area contributed by atoms with E-state index in [0.717, 1.165) is 43.7 Å². The number of benzene rings is 2. The molecule has 0 N–H and O–H groups in total. The second kappa shape index (κ2) is 8.45. The quantitative estimate of drug-likeness (QED) is 0.686. The van der Waals surface area contributed by atoms with Gasteiger partial charge in [-0.1, -0.05) is 38.1 Å². The van der Waals surface area contributed by atoms with Crippen LogP contribution in [0.25, 0.3) is 0 Å². The highest BCUT2D eigenvalue weighted by Gasteiger charge is 2.28. The SMILES string of the molecule is CCCN(CCC)C1COc2cccc(C(=O)c3ccccc3F)c2C1. The normalized spacial score (nSPS) is 16.2. The van der Waals surface area contributed by atoms with Gasteiger partial charge in [-0.15, -0.1) is 0 Å². The first-order valence-corrected chi connectivity index (χ1v) is 9.43. The van der Waals surface area contributed by atoms with Crippen molar-refractivity contribution in [2.75, 3.05) is 19.7 Å². The molecule has 0 amide bonds. The van der Waals surface area contributed by atoms with Gasteiger partial charge in [-0.05, 0) is 50.6 Å². The number of carbonyl (C=O) groups excluding carboxylic acids is 1. The summed E-state index contributed by atoms with van der Waals surface area (Å²) in [6.07, 6.45) is 2.92. The van der Waals surface area contributed by atoms with Crippen LogP contribution in [-0.2, 0) is 6.42 Å². The lowest BCUT2D eigenvalue weighted by Gasteiger charge is -2.35. The van der Waals surface area contributed by atoms with Gasteiger partial charge >= 0.3 is 0 Å². The largest absolute Gasteiger partial charge is 0.492 e. The van der Waals surface area contributed by atoms with Gasteiger partial charge in [-0.25, -0.2) is 4.39 Å². The molecule has 0 bridgehead atoms. The molecule has 3 rings (SSSR count). The number of halogens is 1. The predicted molar refractivity (Wildman–Crippen MR) is 101 cm³/mol. The van der Waals surface area contributed by atoms with E-state index >= 15 is 0 Å². The number of ether oxygens (including phenoxy) is 1. The van der Waals surface area contributed by atoms with Crippen molar-refractivity contribution in [1.82, 2.24) is 4.90 Å². The van der Waals surface area contributed by atoms with Crippen molar-refractivity contribution in [2.24, 2.45) is 0 Å². The molecule has 0 fully saturated rings. The Bertz CT molecular complexity index is 768. The first kappa shape index (κ1) is 18.6. The van der Waals surface area contributed by atoms with Crippen LogP contribution in [0.1, 0.15) is 48.2 Å². The molecule has 0 radical (unpaired) electrons. The molecule has 0 saturated heterocycles. The summed E-state index contributed by atoms with van der Waals surface area (Å²) < 4.78 is 20.1. The first-order valence-electron chi connectivity index (χ1n) is 9.43. The van der Waals surface area contributed by atoms with Crippen molar-refractivity contribution in [3.63, 3.8) is 0 Å². The second-order valence-electron chi connectivity index (χ2n) is 6.80. The van der Waals surface area contributed by atoms with E-state index in [2.05, 4.69) is 18.7 Å². The molecule has 138 valence electrons. The van der Waals surface area contributed by atoms with E-state index in [-0.39, 0.29) is 17.4 Å². The summed E-state index contributed by atoms with van der Waals surface area (Å²) in [6.45, 7) is 7.01. The maximum Gasteiger partial charge on any atom is 0.196 e. The van der Waals surface area contributed by atoms with Crippen molar-refractivity contribution < 1.29 is 13.9 Å². The molecule has 1 aliphatic heterocycles. The van der Waals surface area contributed by atoms with Crippen LogP contribution in [0.3, 0.4) is 0 Å². The number of carbonyl (C=O) groups is 1. The number of hydrogen-bond acceptors (Lipinski definition) is 3. The van der Waals surface area contributed by atoms with Crippen molar-refractivity contribution in [3.05, 3.63) is 65.0 Å². The molecule has 1 atom stereocenters. The Balaban J connectivity index is 1.92. The molecule has 0 saturated carbocycles. The maximum atomic E-state index is 14.1. The zero-order valence-corrected chi connectivity index (χ0v) is 15.5. The molecule has 3 nitrogen and oxygen atoms in total. The van der Waals surface area contributed by atoms with Gasteiger partial charge in [-0.3, -0.25) is 9.69 Å². The van der Waals surface area contributed by atoms with Crippen molar-refractivity contribution >= 4 is 5.78 Å². The van der Waals surface area contributed by atoms with Crippen molar-refractivity contribution in [1.29, 1.82) is 0 Å². The third-order valence-corrected chi connectivity index (χ3v) is 4.91. The molecule has 1 aliphatic rings. The fourth-order valence-electron chi connectivity index (χ4n) is 3.68. The lowest BCUT2D eigenvalue weighted by molar-refractivity contribution is 0.102. The van der Waals surface area contributed by atoms with E-state index in [1.807, 2.05) is 12.1 Å². The molecule has 2 aromatic carbocycles. The van der Waals surface area contributed by atoms with Crippen molar-refractivity contribution in [2.45, 2.75) is 39.2 Å². The smallest absolute Gasteiger partial charge is 0.196 e. The van der Waals surface area contributed by atoms with Gasteiger partial charge in [0, 0.05) is 17.2 Å². The van der Waals surface area contributed by atoms with E-state index < -0.39 is 5.82 Å². The second-order valence-corrected chi connectivity index (χ2v) is 6.80. The van der Waals surface area contributed by atoms with Gasteiger partial charge in [0.15, 0.2) is 5.78 Å². The summed E-state index contributed by atoms with van der Waals surface area (Å²) in [5, 5.41) is 0. The molecular formula is C22H26FNO2. The Morgan fingerprint density at radius 1 is 1.08 bits per heavy atom. The summed E-state index contributed by atoms with van der Waals surface area (Å²) in [7, 11) is 0. The Morgan fingerprint density at radius 3 is 2.46 bits per heavy atom. The maximum absolute atomic E-state index is 14.1.